The second kappa shape index (κ2) is 9.96. The first kappa shape index (κ1) is 23.2. The summed E-state index contributed by atoms with van der Waals surface area (Å²) in [5.74, 6) is 1.23. The number of amides is 1. The molecule has 4 aromatic rings. The van der Waals surface area contributed by atoms with Crippen molar-refractivity contribution in [1.29, 1.82) is 0 Å². The Balaban J connectivity index is 1.40. The first-order chi connectivity index (χ1) is 17.0. The maximum absolute atomic E-state index is 12.8. The molecule has 1 fully saturated rings. The minimum Gasteiger partial charge on any atom is -0.440 e. The Labute approximate surface area is 206 Å². The van der Waals surface area contributed by atoms with Crippen LogP contribution in [0.15, 0.2) is 34.9 Å². The van der Waals surface area contributed by atoms with Crippen molar-refractivity contribution in [3.05, 3.63) is 41.9 Å². The average molecular weight is 494 g/mol. The van der Waals surface area contributed by atoms with Crippen LogP contribution >= 0.6 is 11.7 Å². The van der Waals surface area contributed by atoms with Gasteiger partial charge >= 0.3 is 0 Å². The van der Waals surface area contributed by atoms with Gasteiger partial charge in [0.1, 0.15) is 22.6 Å². The largest absolute Gasteiger partial charge is 0.440 e. The van der Waals surface area contributed by atoms with Gasteiger partial charge in [0.15, 0.2) is 5.69 Å². The fraction of sp³-hybridized carbons (Fsp3) is 0.375. The van der Waals surface area contributed by atoms with Gasteiger partial charge in [0, 0.05) is 43.2 Å². The van der Waals surface area contributed by atoms with Crippen LogP contribution in [-0.2, 0) is 4.74 Å². The first-order valence-electron chi connectivity index (χ1n) is 11.6. The quantitative estimate of drug-likeness (QED) is 0.340. The molecule has 3 aromatic heterocycles. The van der Waals surface area contributed by atoms with Gasteiger partial charge in [0.05, 0.1) is 23.0 Å². The Bertz CT molecular complexity index is 1340. The maximum atomic E-state index is 12.8. The van der Waals surface area contributed by atoms with E-state index in [0.717, 1.165) is 35.2 Å². The first-order valence-corrected chi connectivity index (χ1v) is 12.3. The Morgan fingerprint density at radius 1 is 1.14 bits per heavy atom. The van der Waals surface area contributed by atoms with Gasteiger partial charge in [-0.3, -0.25) is 4.79 Å². The number of aromatic nitrogens is 4. The smallest absolute Gasteiger partial charge is 0.273 e. The third-order valence-electron chi connectivity index (χ3n) is 5.67. The lowest BCUT2D eigenvalue weighted by Crippen LogP contribution is -2.39. The number of carbonyl (C=O) groups is 1. The normalized spacial score (nSPS) is 14.4. The van der Waals surface area contributed by atoms with Crippen molar-refractivity contribution in [2.24, 2.45) is 0 Å². The van der Waals surface area contributed by atoms with Crippen molar-refractivity contribution in [3.63, 3.8) is 0 Å². The van der Waals surface area contributed by atoms with Gasteiger partial charge in [-0.2, -0.15) is 8.75 Å². The van der Waals surface area contributed by atoms with Crippen LogP contribution in [0, 0.1) is 6.92 Å². The molecule has 3 N–H and O–H groups in total. The van der Waals surface area contributed by atoms with Crippen LogP contribution in [0.2, 0.25) is 0 Å². The molecular formula is C24H27N7O3S. The summed E-state index contributed by atoms with van der Waals surface area (Å²) in [4.78, 5) is 21.9. The van der Waals surface area contributed by atoms with Crippen LogP contribution in [0.4, 0.5) is 17.2 Å². The van der Waals surface area contributed by atoms with E-state index < -0.39 is 0 Å². The summed E-state index contributed by atoms with van der Waals surface area (Å²) in [5, 5.41) is 9.79. The van der Waals surface area contributed by atoms with Crippen molar-refractivity contribution in [3.8, 4) is 11.5 Å². The maximum Gasteiger partial charge on any atom is 0.273 e. The molecule has 1 aliphatic rings. The predicted molar refractivity (Wildman–Crippen MR) is 135 cm³/mol. The van der Waals surface area contributed by atoms with E-state index >= 15 is 0 Å². The molecule has 0 spiro atoms. The van der Waals surface area contributed by atoms with Gasteiger partial charge in [-0.05, 0) is 51.8 Å². The molecule has 0 bridgehead atoms. The summed E-state index contributed by atoms with van der Waals surface area (Å²) >= 11 is 1.19. The topological polar surface area (TPSA) is 127 Å². The van der Waals surface area contributed by atoms with Crippen molar-refractivity contribution in [2.45, 2.75) is 45.7 Å². The molecule has 1 saturated heterocycles. The molecule has 4 heterocycles. The van der Waals surface area contributed by atoms with Gasteiger partial charge in [0.25, 0.3) is 5.91 Å². The molecule has 182 valence electrons. The van der Waals surface area contributed by atoms with E-state index in [-0.39, 0.29) is 23.7 Å². The fourth-order valence-corrected chi connectivity index (χ4v) is 4.47. The third-order valence-corrected chi connectivity index (χ3v) is 6.23. The number of benzene rings is 1. The summed E-state index contributed by atoms with van der Waals surface area (Å²) < 4.78 is 19.8. The van der Waals surface area contributed by atoms with Crippen LogP contribution in [0.5, 0.6) is 0 Å². The van der Waals surface area contributed by atoms with Crippen molar-refractivity contribution in [1.82, 2.24) is 24.0 Å². The lowest BCUT2D eigenvalue weighted by atomic mass is 10.1. The average Bonchev–Trinajstić information content (AvgIpc) is 3.45. The number of pyridine rings is 1. The molecule has 0 unspecified atom stereocenters. The van der Waals surface area contributed by atoms with Gasteiger partial charge in [-0.15, -0.1) is 0 Å². The monoisotopic (exact) mass is 493 g/mol. The van der Waals surface area contributed by atoms with Crippen LogP contribution in [0.25, 0.3) is 22.5 Å². The number of hydrogen-bond donors (Lipinski definition) is 3. The number of carbonyl (C=O) groups excluding carboxylic acids is 1. The van der Waals surface area contributed by atoms with Gasteiger partial charge < -0.3 is 25.1 Å². The summed E-state index contributed by atoms with van der Waals surface area (Å²) in [6, 6.07) is 7.94. The fourth-order valence-electron chi connectivity index (χ4n) is 3.95. The number of fused-ring (bicyclic) bond motifs is 1. The standard InChI is InChI=1S/C24H27N7O3S/c1-13(2)26-19-11-21(27-16-4-5-18-20(10-16)31-35-30-18)25-12-17(19)24-29-22(14(3)34-24)23(32)28-15-6-8-33-9-7-15/h4-5,10-13,15H,6-9H2,1-3H3,(H,28,32)(H2,25,26,27). The molecule has 0 atom stereocenters. The van der Waals surface area contributed by atoms with Crippen LogP contribution in [0.1, 0.15) is 42.9 Å². The molecular weight excluding hydrogens is 466 g/mol. The minimum absolute atomic E-state index is 0.0836. The van der Waals surface area contributed by atoms with E-state index in [2.05, 4.69) is 34.7 Å². The molecule has 0 saturated carbocycles. The molecule has 35 heavy (non-hydrogen) atoms. The Morgan fingerprint density at radius 2 is 1.94 bits per heavy atom. The predicted octanol–water partition coefficient (Wildman–Crippen LogP) is 4.52. The number of anilines is 3. The van der Waals surface area contributed by atoms with Gasteiger partial charge in [0.2, 0.25) is 5.89 Å². The van der Waals surface area contributed by atoms with Crippen molar-refractivity contribution in [2.75, 3.05) is 23.8 Å². The molecule has 1 aliphatic heterocycles. The Morgan fingerprint density at radius 3 is 2.74 bits per heavy atom. The van der Waals surface area contributed by atoms with Crippen LogP contribution in [-0.4, -0.2) is 49.9 Å². The van der Waals surface area contributed by atoms with E-state index in [9.17, 15) is 4.79 Å². The van der Waals surface area contributed by atoms with Gasteiger partial charge in [-0.1, -0.05) is 0 Å². The van der Waals surface area contributed by atoms with Crippen LogP contribution in [0.3, 0.4) is 0 Å². The second-order valence-corrected chi connectivity index (χ2v) is 9.32. The molecule has 1 amide bonds. The number of hydrogen-bond acceptors (Lipinski definition) is 10. The lowest BCUT2D eigenvalue weighted by Gasteiger charge is -2.22. The van der Waals surface area contributed by atoms with E-state index in [1.54, 1.807) is 13.1 Å². The Hall–Kier alpha value is -3.57. The zero-order chi connectivity index (χ0) is 24.4. The number of rotatable bonds is 7. The number of ether oxygens (including phenoxy) is 1. The lowest BCUT2D eigenvalue weighted by molar-refractivity contribution is 0.0694. The number of nitrogens with zero attached hydrogens (tertiary/aromatic N) is 4. The highest BCUT2D eigenvalue weighted by molar-refractivity contribution is 7.00. The second-order valence-electron chi connectivity index (χ2n) is 8.79. The number of nitrogens with one attached hydrogen (secondary N) is 3. The SMILES string of the molecule is Cc1oc(-c2cnc(Nc3ccc4nsnc4c3)cc2NC(C)C)nc1C(=O)NC1CCOCC1. The van der Waals surface area contributed by atoms with E-state index in [1.165, 1.54) is 11.7 Å². The summed E-state index contributed by atoms with van der Waals surface area (Å²) in [7, 11) is 0. The zero-order valence-corrected chi connectivity index (χ0v) is 20.6. The summed E-state index contributed by atoms with van der Waals surface area (Å²) in [5.41, 5.74) is 4.32. The molecule has 1 aromatic carbocycles. The van der Waals surface area contributed by atoms with Crippen molar-refractivity contribution < 1.29 is 13.9 Å². The highest BCUT2D eigenvalue weighted by Crippen LogP contribution is 2.32. The molecule has 11 heteroatoms. The molecule has 0 radical (unpaired) electrons. The highest BCUT2D eigenvalue weighted by atomic mass is 32.1. The third kappa shape index (κ3) is 5.25. The van der Waals surface area contributed by atoms with E-state index in [0.29, 0.717) is 36.2 Å². The van der Waals surface area contributed by atoms with Crippen LogP contribution < -0.4 is 16.0 Å². The number of oxazole rings is 1. The molecule has 10 nitrogen and oxygen atoms in total. The zero-order valence-electron chi connectivity index (χ0n) is 19.8. The molecule has 5 rings (SSSR count). The van der Waals surface area contributed by atoms with Gasteiger partial charge in [-0.25, -0.2) is 9.97 Å². The Kier molecular flexibility index (Phi) is 6.60. The van der Waals surface area contributed by atoms with Crippen molar-refractivity contribution >= 4 is 45.9 Å². The summed E-state index contributed by atoms with van der Waals surface area (Å²) in [6.07, 6.45) is 3.28. The van der Waals surface area contributed by atoms with E-state index in [1.807, 2.05) is 38.1 Å². The minimum atomic E-state index is -0.235. The van der Waals surface area contributed by atoms with E-state index in [4.69, 9.17) is 9.15 Å². The number of aryl methyl sites for hydroxylation is 1. The summed E-state index contributed by atoms with van der Waals surface area (Å²) in [6.45, 7) is 7.15. The highest BCUT2D eigenvalue weighted by Gasteiger charge is 2.24. The molecule has 0 aliphatic carbocycles.